The minimum absolute atomic E-state index is 0.0779. The van der Waals surface area contributed by atoms with Crippen molar-refractivity contribution in [3.05, 3.63) is 29.0 Å². The van der Waals surface area contributed by atoms with E-state index in [9.17, 15) is 14.0 Å². The maximum absolute atomic E-state index is 14.1. The average molecular weight is 299 g/mol. The number of rotatable bonds is 2. The van der Waals surface area contributed by atoms with E-state index in [4.69, 9.17) is 11.6 Å². The van der Waals surface area contributed by atoms with Gasteiger partial charge in [0.2, 0.25) is 5.91 Å². The molecule has 1 aliphatic heterocycles. The third-order valence-corrected chi connectivity index (χ3v) is 3.59. The number of benzene rings is 1. The number of anilines is 1. The molecule has 4 nitrogen and oxygen atoms in total. The van der Waals surface area contributed by atoms with Gasteiger partial charge in [-0.15, -0.1) is 0 Å². The van der Waals surface area contributed by atoms with Crippen molar-refractivity contribution in [1.82, 2.24) is 5.32 Å². The predicted molar refractivity (Wildman–Crippen MR) is 75.2 cm³/mol. The van der Waals surface area contributed by atoms with Gasteiger partial charge in [0.15, 0.2) is 0 Å². The van der Waals surface area contributed by atoms with E-state index in [1.54, 1.807) is 20.8 Å². The molecule has 6 heteroatoms. The van der Waals surface area contributed by atoms with Gasteiger partial charge in [-0.3, -0.25) is 14.5 Å². The highest BCUT2D eigenvalue weighted by Crippen LogP contribution is 2.30. The second-order valence-electron chi connectivity index (χ2n) is 5.31. The van der Waals surface area contributed by atoms with Gasteiger partial charge in [-0.1, -0.05) is 18.5 Å². The van der Waals surface area contributed by atoms with Gasteiger partial charge in [0, 0.05) is 5.02 Å². The quantitative estimate of drug-likeness (QED) is 0.912. The molecule has 1 heterocycles. The summed E-state index contributed by atoms with van der Waals surface area (Å²) in [4.78, 5) is 25.8. The van der Waals surface area contributed by atoms with Crippen LogP contribution in [0.4, 0.5) is 10.1 Å². The Morgan fingerprint density at radius 1 is 1.40 bits per heavy atom. The van der Waals surface area contributed by atoms with Gasteiger partial charge >= 0.3 is 0 Å². The molecule has 0 aliphatic carbocycles. The van der Waals surface area contributed by atoms with Crippen LogP contribution < -0.4 is 10.2 Å². The molecule has 0 bridgehead atoms. The van der Waals surface area contributed by atoms with Crippen molar-refractivity contribution in [2.45, 2.75) is 38.8 Å². The van der Waals surface area contributed by atoms with Crippen molar-refractivity contribution < 1.29 is 14.0 Å². The van der Waals surface area contributed by atoms with E-state index in [1.165, 1.54) is 17.0 Å². The standard InChI is InChI=1S/C14H16ClFN2O2/c1-4-10-12(19)17-14(2,3)13(20)18(10)11-6-5-8(15)7-9(11)16/h5-7,10H,4H2,1-3H3,(H,17,19). The SMILES string of the molecule is CCC1C(=O)NC(C)(C)C(=O)N1c1ccc(Cl)cc1F. The van der Waals surface area contributed by atoms with Crippen molar-refractivity contribution in [3.8, 4) is 0 Å². The molecule has 2 amide bonds. The largest absolute Gasteiger partial charge is 0.340 e. The number of amides is 2. The monoisotopic (exact) mass is 298 g/mol. The van der Waals surface area contributed by atoms with Crippen LogP contribution in [0.1, 0.15) is 27.2 Å². The van der Waals surface area contributed by atoms with Crippen LogP contribution in [0, 0.1) is 5.82 Å². The number of halogens is 2. The van der Waals surface area contributed by atoms with Gasteiger partial charge in [-0.05, 0) is 38.5 Å². The first kappa shape index (κ1) is 14.8. The summed E-state index contributed by atoms with van der Waals surface area (Å²) in [5, 5.41) is 2.90. The lowest BCUT2D eigenvalue weighted by atomic mass is 9.95. The number of piperazine rings is 1. The molecule has 1 aliphatic rings. The second kappa shape index (κ2) is 5.05. The summed E-state index contributed by atoms with van der Waals surface area (Å²) in [6, 6.07) is 3.34. The van der Waals surface area contributed by atoms with Crippen LogP contribution in [-0.2, 0) is 9.59 Å². The first-order chi connectivity index (χ1) is 9.27. The maximum atomic E-state index is 14.1. The Kier molecular flexibility index (Phi) is 3.73. The van der Waals surface area contributed by atoms with Crippen LogP contribution in [0.15, 0.2) is 18.2 Å². The Bertz CT molecular complexity index is 574. The molecule has 0 aromatic heterocycles. The highest BCUT2D eigenvalue weighted by molar-refractivity contribution is 6.30. The van der Waals surface area contributed by atoms with E-state index in [0.717, 1.165) is 6.07 Å². The number of carbonyl (C=O) groups is 2. The van der Waals surface area contributed by atoms with Gasteiger partial charge in [0.05, 0.1) is 5.69 Å². The molecule has 1 N–H and O–H groups in total. The van der Waals surface area contributed by atoms with Crippen LogP contribution in [0.5, 0.6) is 0 Å². The molecular formula is C14H16ClFN2O2. The molecule has 1 fully saturated rings. The van der Waals surface area contributed by atoms with Crippen molar-refractivity contribution >= 4 is 29.1 Å². The molecular weight excluding hydrogens is 283 g/mol. The molecule has 1 aromatic rings. The van der Waals surface area contributed by atoms with Crippen molar-refractivity contribution in [2.24, 2.45) is 0 Å². The van der Waals surface area contributed by atoms with E-state index in [2.05, 4.69) is 5.32 Å². The van der Waals surface area contributed by atoms with Gasteiger partial charge in [0.25, 0.3) is 5.91 Å². The van der Waals surface area contributed by atoms with Crippen LogP contribution in [0.3, 0.4) is 0 Å². The molecule has 108 valence electrons. The van der Waals surface area contributed by atoms with E-state index >= 15 is 0 Å². The molecule has 0 spiro atoms. The van der Waals surface area contributed by atoms with Crippen molar-refractivity contribution in [3.63, 3.8) is 0 Å². The summed E-state index contributed by atoms with van der Waals surface area (Å²) in [5.41, 5.74) is -0.983. The summed E-state index contributed by atoms with van der Waals surface area (Å²) >= 11 is 5.72. The molecule has 1 atom stereocenters. The fourth-order valence-corrected chi connectivity index (χ4v) is 2.49. The van der Waals surface area contributed by atoms with E-state index in [0.29, 0.717) is 6.42 Å². The fraction of sp³-hybridized carbons (Fsp3) is 0.429. The van der Waals surface area contributed by atoms with E-state index < -0.39 is 17.4 Å². The molecule has 1 aromatic carbocycles. The first-order valence-corrected chi connectivity index (χ1v) is 6.76. The number of carbonyl (C=O) groups excluding carboxylic acids is 2. The zero-order valence-corrected chi connectivity index (χ0v) is 12.3. The molecule has 1 saturated heterocycles. The Balaban J connectivity index is 2.54. The lowest BCUT2D eigenvalue weighted by Gasteiger charge is -2.42. The van der Waals surface area contributed by atoms with Crippen molar-refractivity contribution in [1.29, 1.82) is 0 Å². The number of nitrogens with one attached hydrogen (secondary N) is 1. The van der Waals surface area contributed by atoms with Gasteiger partial charge in [-0.2, -0.15) is 0 Å². The normalized spacial score (nSPS) is 21.9. The Morgan fingerprint density at radius 3 is 2.60 bits per heavy atom. The highest BCUT2D eigenvalue weighted by atomic mass is 35.5. The summed E-state index contributed by atoms with van der Waals surface area (Å²) < 4.78 is 14.1. The zero-order chi connectivity index (χ0) is 15.1. The Labute approximate surface area is 121 Å². The first-order valence-electron chi connectivity index (χ1n) is 6.38. The topological polar surface area (TPSA) is 49.4 Å². The number of hydrogen-bond donors (Lipinski definition) is 1. The fourth-order valence-electron chi connectivity index (χ4n) is 2.33. The third kappa shape index (κ3) is 2.38. The lowest BCUT2D eigenvalue weighted by Crippen LogP contribution is -2.68. The Morgan fingerprint density at radius 2 is 2.05 bits per heavy atom. The lowest BCUT2D eigenvalue weighted by molar-refractivity contribution is -0.137. The number of nitrogens with zero attached hydrogens (tertiary/aromatic N) is 1. The third-order valence-electron chi connectivity index (χ3n) is 3.36. The zero-order valence-electron chi connectivity index (χ0n) is 11.5. The van der Waals surface area contributed by atoms with Crippen LogP contribution in [-0.4, -0.2) is 23.4 Å². The molecule has 2 rings (SSSR count). The van der Waals surface area contributed by atoms with E-state index in [1.807, 2.05) is 0 Å². The minimum Gasteiger partial charge on any atom is -0.340 e. The summed E-state index contributed by atoms with van der Waals surface area (Å²) in [7, 11) is 0. The Hall–Kier alpha value is -1.62. The second-order valence-corrected chi connectivity index (χ2v) is 5.75. The van der Waals surface area contributed by atoms with Crippen LogP contribution in [0.2, 0.25) is 5.02 Å². The van der Waals surface area contributed by atoms with Crippen LogP contribution >= 0.6 is 11.6 Å². The van der Waals surface area contributed by atoms with Crippen molar-refractivity contribution in [2.75, 3.05) is 4.90 Å². The maximum Gasteiger partial charge on any atom is 0.252 e. The van der Waals surface area contributed by atoms with Gasteiger partial charge in [0.1, 0.15) is 17.4 Å². The molecule has 20 heavy (non-hydrogen) atoms. The molecule has 1 unspecified atom stereocenters. The average Bonchev–Trinajstić information content (AvgIpc) is 2.34. The number of hydrogen-bond acceptors (Lipinski definition) is 2. The predicted octanol–water partition coefficient (Wildman–Crippen LogP) is 2.50. The summed E-state index contributed by atoms with van der Waals surface area (Å²) in [6.07, 6.45) is 0.399. The smallest absolute Gasteiger partial charge is 0.252 e. The van der Waals surface area contributed by atoms with E-state index in [-0.39, 0.29) is 22.5 Å². The highest BCUT2D eigenvalue weighted by Gasteiger charge is 2.45. The molecule has 0 saturated carbocycles. The minimum atomic E-state index is -1.06. The van der Waals surface area contributed by atoms with Crippen LogP contribution in [0.25, 0.3) is 0 Å². The summed E-state index contributed by atoms with van der Waals surface area (Å²) in [5.74, 6) is -1.24. The molecule has 0 radical (unpaired) electrons. The summed E-state index contributed by atoms with van der Waals surface area (Å²) in [6.45, 7) is 4.97. The van der Waals surface area contributed by atoms with Gasteiger partial charge in [-0.25, -0.2) is 4.39 Å². The van der Waals surface area contributed by atoms with Gasteiger partial charge < -0.3 is 5.32 Å².